The number of fused-ring (bicyclic) bond motifs is 7. The molecule has 5 aliphatic heterocycles. The van der Waals surface area contributed by atoms with Gasteiger partial charge in [0.05, 0.1) is 50.2 Å². The van der Waals surface area contributed by atoms with Crippen LogP contribution >= 0.6 is 0 Å². The third-order valence-corrected chi connectivity index (χ3v) is 23.2. The number of aliphatic hydroxyl groups is 15. The second-order valence-electron chi connectivity index (χ2n) is 28.5. The first-order valence-corrected chi connectivity index (χ1v) is 30.6. The highest BCUT2D eigenvalue weighted by atomic mass is 16.8. The number of hydrogen-bond acceptors (Lipinski definition) is 26. The van der Waals surface area contributed by atoms with E-state index >= 15 is 4.79 Å². The van der Waals surface area contributed by atoms with Gasteiger partial charge < -0.3 is 124 Å². The van der Waals surface area contributed by atoms with Crippen molar-refractivity contribution in [2.75, 3.05) is 26.4 Å². The zero-order chi connectivity index (χ0) is 62.0. The summed E-state index contributed by atoms with van der Waals surface area (Å²) in [6, 6.07) is 0. The first kappa shape index (κ1) is 66.2. The Balaban J connectivity index is 0.821. The van der Waals surface area contributed by atoms with Crippen molar-refractivity contribution < 1.29 is 129 Å². The summed E-state index contributed by atoms with van der Waals surface area (Å²) in [6.45, 7) is 14.4. The van der Waals surface area contributed by atoms with E-state index in [1.165, 1.54) is 19.4 Å². The van der Waals surface area contributed by atoms with Gasteiger partial charge in [-0.25, -0.2) is 0 Å². The average molecular weight is 1220 g/mol. The lowest BCUT2D eigenvalue weighted by molar-refractivity contribution is -0.361. The monoisotopic (exact) mass is 1220 g/mol. The Morgan fingerprint density at radius 2 is 1.14 bits per heavy atom. The molecule has 26 heteroatoms. The zero-order valence-corrected chi connectivity index (χ0v) is 49.8. The minimum absolute atomic E-state index is 0.0539. The second kappa shape index (κ2) is 24.4. The lowest BCUT2D eigenvalue weighted by Gasteiger charge is -2.71. The molecule has 0 unspecified atom stereocenters. The van der Waals surface area contributed by atoms with Crippen molar-refractivity contribution >= 4 is 5.97 Å². The van der Waals surface area contributed by atoms with Crippen LogP contribution in [0.4, 0.5) is 0 Å². The topological polar surface area (TPSA) is 413 Å². The summed E-state index contributed by atoms with van der Waals surface area (Å²) in [5, 5.41) is 163. The van der Waals surface area contributed by atoms with E-state index < -0.39 is 189 Å². The number of ether oxygens (including phenoxy) is 10. The summed E-state index contributed by atoms with van der Waals surface area (Å²) in [7, 11) is 0. The Bertz CT molecular complexity index is 2370. The van der Waals surface area contributed by atoms with Crippen LogP contribution in [0.5, 0.6) is 0 Å². The van der Waals surface area contributed by atoms with Crippen LogP contribution in [0.3, 0.4) is 0 Å². The summed E-state index contributed by atoms with van der Waals surface area (Å²) >= 11 is 0. The normalized spacial score (nSPS) is 55.3. The molecule has 0 aromatic heterocycles. The van der Waals surface area contributed by atoms with Gasteiger partial charge in [-0.05, 0) is 117 Å². The summed E-state index contributed by atoms with van der Waals surface area (Å²) in [5.41, 5.74) is -1.88. The minimum Gasteiger partial charge on any atom is -0.432 e. The minimum atomic E-state index is -1.90. The molecule has 0 radical (unpaired) electrons. The summed E-state index contributed by atoms with van der Waals surface area (Å²) in [5.74, 6) is -0.832. The van der Waals surface area contributed by atoms with E-state index in [9.17, 15) is 76.6 Å². The van der Waals surface area contributed by atoms with Gasteiger partial charge in [-0.2, -0.15) is 0 Å². The lowest BCUT2D eigenvalue weighted by atomic mass is 9.33. The maximum atomic E-state index is 15.2. The van der Waals surface area contributed by atoms with Crippen molar-refractivity contribution in [1.82, 2.24) is 0 Å². The van der Waals surface area contributed by atoms with E-state index in [0.29, 0.717) is 51.4 Å². The fraction of sp³-hybridized carbons (Fsp3) is 0.949. The highest BCUT2D eigenvalue weighted by molar-refractivity contribution is 5.79. The van der Waals surface area contributed by atoms with Crippen molar-refractivity contribution in [2.45, 2.75) is 273 Å². The van der Waals surface area contributed by atoms with Gasteiger partial charge in [0, 0.05) is 5.41 Å². The fourth-order valence-electron chi connectivity index (χ4n) is 17.5. The van der Waals surface area contributed by atoms with E-state index in [-0.39, 0.29) is 47.2 Å². The molecule has 5 heterocycles. The molecule has 5 aliphatic carbocycles. The molecule has 0 aromatic rings. The van der Waals surface area contributed by atoms with Crippen LogP contribution in [0.1, 0.15) is 120 Å². The Morgan fingerprint density at radius 3 is 1.76 bits per heavy atom. The SMILES string of the molecule is C[C@@H]1O[C@@H](O[C@H]2[C@@H](O)[C@H](O[C@H]3CC[C@@]4(C)[C@@H](CC[C@]5(C)[C@@H]4CC=C4[C@@H]6CC(C)(C)CC[C@]6(C(=O)O[C@@H]6O[C@H](CO[C@@H]7O[C@H](CO)[C@@H](O[C@@H]8O[C@@H](C)[C@H](O)[C@@H](O)[C@H]8O)[C@H](O)[C@H]7O)[C@@H](O)[C@H](O)[C@H]6O)CC[C@]45C)[C@]3(C)CO)OC[C@@H]2O)[C@H](O)[C@H](O)[C@H]1O. The maximum Gasteiger partial charge on any atom is 0.315 e. The molecule has 0 spiro atoms. The van der Waals surface area contributed by atoms with Crippen LogP contribution < -0.4 is 0 Å². The predicted octanol–water partition coefficient (Wildman–Crippen LogP) is -2.54. The standard InChI is InChI=1S/C59H96O26/c1-24-34(63)37(66)41(70)50(78-24)83-46-28(62)21-76-49(45(46)74)82-33-12-13-55(5)31(56(33,6)23-61)11-14-58(8)32(55)10-9-26-27-19-54(3,4)15-17-59(27,18-16-57(26,58)7)53(75)85-52-43(72)39(68)36(65)30(81-52)22-77-48-44(73)40(69)47(29(20-60)80-48)84-51-42(71)38(67)35(64)25(2)79-51/h9,24-25,27-52,60-74H,10-23H2,1-8H3/t24-,25-,27-,28-,29+,30+,31+,32+,33-,34-,35-,36+,37+,38+,39-,40+,41+,42+,43+,44+,45+,46+,47+,48+,49-,50-,51-,52-,55-,56-,57+,58+,59-/m0/s1. The molecule has 10 aliphatic rings. The van der Waals surface area contributed by atoms with Gasteiger partial charge in [-0.1, -0.05) is 53.2 Å². The summed E-state index contributed by atoms with van der Waals surface area (Å²) in [6.07, 6.45) is -29.4. The maximum absolute atomic E-state index is 15.2. The molecular formula is C59H96O26. The summed E-state index contributed by atoms with van der Waals surface area (Å²) < 4.78 is 59.0. The van der Waals surface area contributed by atoms with E-state index in [1.54, 1.807) is 0 Å². The van der Waals surface area contributed by atoms with E-state index in [1.807, 2.05) is 6.92 Å². The van der Waals surface area contributed by atoms with Gasteiger partial charge in [0.1, 0.15) is 104 Å². The molecule has 33 atom stereocenters. The Kier molecular flexibility index (Phi) is 19.0. The zero-order valence-electron chi connectivity index (χ0n) is 49.8. The summed E-state index contributed by atoms with van der Waals surface area (Å²) in [4.78, 5) is 15.2. The molecule has 488 valence electrons. The van der Waals surface area contributed by atoms with Gasteiger partial charge in [0.2, 0.25) is 6.29 Å². The van der Waals surface area contributed by atoms with E-state index in [0.717, 1.165) is 12.8 Å². The highest BCUT2D eigenvalue weighted by Gasteiger charge is 2.71. The predicted molar refractivity (Wildman–Crippen MR) is 288 cm³/mol. The lowest BCUT2D eigenvalue weighted by Crippen LogP contribution is -2.67. The molecule has 5 saturated heterocycles. The van der Waals surface area contributed by atoms with Crippen LogP contribution in [-0.4, -0.2) is 263 Å². The molecule has 0 aromatic carbocycles. The van der Waals surface area contributed by atoms with Crippen LogP contribution in [0, 0.1) is 50.2 Å². The van der Waals surface area contributed by atoms with Crippen molar-refractivity contribution in [1.29, 1.82) is 0 Å². The number of esters is 1. The average Bonchev–Trinajstić information content (AvgIpc) is 0.711. The Morgan fingerprint density at radius 1 is 0.565 bits per heavy atom. The molecule has 10 rings (SSSR count). The van der Waals surface area contributed by atoms with Gasteiger partial charge in [0.25, 0.3) is 0 Å². The number of carbonyl (C=O) groups excluding carboxylic acids is 1. The molecule has 9 fully saturated rings. The number of allylic oxidation sites excluding steroid dienone is 2. The van der Waals surface area contributed by atoms with E-state index in [2.05, 4.69) is 40.7 Å². The quantitative estimate of drug-likeness (QED) is 0.0513. The van der Waals surface area contributed by atoms with Crippen LogP contribution in [0.15, 0.2) is 11.6 Å². The molecule has 85 heavy (non-hydrogen) atoms. The number of hydrogen-bond donors (Lipinski definition) is 15. The van der Waals surface area contributed by atoms with Crippen LogP contribution in [-0.2, 0) is 52.2 Å². The Labute approximate surface area is 494 Å². The first-order valence-electron chi connectivity index (χ1n) is 30.6. The van der Waals surface area contributed by atoms with Crippen molar-refractivity contribution in [3.63, 3.8) is 0 Å². The van der Waals surface area contributed by atoms with Gasteiger partial charge in [-0.15, -0.1) is 0 Å². The van der Waals surface area contributed by atoms with Crippen molar-refractivity contribution in [3.05, 3.63) is 11.6 Å². The smallest absolute Gasteiger partial charge is 0.315 e. The molecule has 26 nitrogen and oxygen atoms in total. The van der Waals surface area contributed by atoms with E-state index in [4.69, 9.17) is 47.4 Å². The molecule has 4 saturated carbocycles. The highest BCUT2D eigenvalue weighted by Crippen LogP contribution is 2.76. The molecule has 0 bridgehead atoms. The number of rotatable bonds is 13. The Hall–Kier alpha value is -1.75. The van der Waals surface area contributed by atoms with Crippen LogP contribution in [0.2, 0.25) is 0 Å². The van der Waals surface area contributed by atoms with Gasteiger partial charge >= 0.3 is 5.97 Å². The number of aliphatic hydroxyl groups excluding tert-OH is 15. The third-order valence-electron chi connectivity index (χ3n) is 23.2. The van der Waals surface area contributed by atoms with Gasteiger partial charge in [0.15, 0.2) is 25.2 Å². The van der Waals surface area contributed by atoms with Gasteiger partial charge in [-0.3, -0.25) is 4.79 Å². The molecule has 0 amide bonds. The third kappa shape index (κ3) is 11.1. The molecular weight excluding hydrogens is 1120 g/mol. The molecule has 15 N–H and O–H groups in total. The number of carbonyl (C=O) groups is 1. The first-order chi connectivity index (χ1) is 39.8. The van der Waals surface area contributed by atoms with Crippen molar-refractivity contribution in [2.24, 2.45) is 50.2 Å². The largest absolute Gasteiger partial charge is 0.432 e. The van der Waals surface area contributed by atoms with Crippen LogP contribution in [0.25, 0.3) is 0 Å². The second-order valence-corrected chi connectivity index (χ2v) is 28.5. The van der Waals surface area contributed by atoms with Crippen molar-refractivity contribution in [3.8, 4) is 0 Å². The fourth-order valence-corrected chi connectivity index (χ4v) is 17.5.